The molecule has 2 unspecified atom stereocenters. The van der Waals surface area contributed by atoms with E-state index in [0.29, 0.717) is 19.6 Å². The van der Waals surface area contributed by atoms with Gasteiger partial charge in [0.15, 0.2) is 0 Å². The van der Waals surface area contributed by atoms with Crippen molar-refractivity contribution in [3.8, 4) is 0 Å². The van der Waals surface area contributed by atoms with Crippen LogP contribution in [0.25, 0.3) is 0 Å². The van der Waals surface area contributed by atoms with E-state index in [-0.39, 0.29) is 24.4 Å². The third kappa shape index (κ3) is 6.88. The summed E-state index contributed by atoms with van der Waals surface area (Å²) in [4.78, 5) is 11.6. The first-order valence-corrected chi connectivity index (χ1v) is 7.51. The van der Waals surface area contributed by atoms with Gasteiger partial charge in [-0.15, -0.1) is 12.4 Å². The van der Waals surface area contributed by atoms with Crippen LogP contribution in [0.1, 0.15) is 32.1 Å². The smallest absolute Gasteiger partial charge is 0.222 e. The van der Waals surface area contributed by atoms with Gasteiger partial charge in [0.05, 0.1) is 19.3 Å². The van der Waals surface area contributed by atoms with Crippen molar-refractivity contribution in [2.45, 2.75) is 38.2 Å². The van der Waals surface area contributed by atoms with Crippen LogP contribution in [0.2, 0.25) is 0 Å². The van der Waals surface area contributed by atoms with E-state index in [9.17, 15) is 4.79 Å². The summed E-state index contributed by atoms with van der Waals surface area (Å²) < 4.78 is 10.9. The number of amides is 1. The second-order valence-electron chi connectivity index (χ2n) is 5.46. The van der Waals surface area contributed by atoms with Gasteiger partial charge in [-0.1, -0.05) is 0 Å². The average Bonchev–Trinajstić information content (AvgIpc) is 3.07. The van der Waals surface area contributed by atoms with Crippen LogP contribution in [0, 0.1) is 5.92 Å². The summed E-state index contributed by atoms with van der Waals surface area (Å²) in [5.41, 5.74) is 0. The standard InChI is InChI=1S/C14H26N2O3.ClH/c17-14(16-7-4-12-3-6-15-10-12)5-9-18-11-13-2-1-8-19-13;/h12-13,15H,1-11H2,(H,16,17);1H. The molecule has 0 aromatic carbocycles. The lowest BCUT2D eigenvalue weighted by atomic mass is 10.1. The number of hydrogen-bond donors (Lipinski definition) is 2. The third-order valence-electron chi connectivity index (χ3n) is 3.84. The van der Waals surface area contributed by atoms with Gasteiger partial charge in [-0.2, -0.15) is 0 Å². The van der Waals surface area contributed by atoms with Crippen molar-refractivity contribution in [3.63, 3.8) is 0 Å². The Morgan fingerprint density at radius 1 is 1.40 bits per heavy atom. The molecule has 2 N–H and O–H groups in total. The lowest BCUT2D eigenvalue weighted by Crippen LogP contribution is -2.27. The highest BCUT2D eigenvalue weighted by Gasteiger charge is 2.16. The first-order chi connectivity index (χ1) is 9.34. The van der Waals surface area contributed by atoms with Crippen LogP contribution in [0.4, 0.5) is 0 Å². The van der Waals surface area contributed by atoms with E-state index in [4.69, 9.17) is 9.47 Å². The van der Waals surface area contributed by atoms with Crippen LogP contribution in [0.5, 0.6) is 0 Å². The Balaban J connectivity index is 0.00000200. The molecule has 0 spiro atoms. The minimum atomic E-state index is 0. The number of hydrogen-bond acceptors (Lipinski definition) is 4. The molecule has 0 saturated carbocycles. The molecular weight excluding hydrogens is 280 g/mol. The molecule has 5 nitrogen and oxygen atoms in total. The minimum Gasteiger partial charge on any atom is -0.378 e. The first-order valence-electron chi connectivity index (χ1n) is 7.51. The molecule has 2 saturated heterocycles. The molecule has 2 aliphatic rings. The largest absolute Gasteiger partial charge is 0.378 e. The topological polar surface area (TPSA) is 59.6 Å². The summed E-state index contributed by atoms with van der Waals surface area (Å²) in [7, 11) is 0. The van der Waals surface area contributed by atoms with Gasteiger partial charge in [0.2, 0.25) is 5.91 Å². The Labute approximate surface area is 127 Å². The van der Waals surface area contributed by atoms with Gasteiger partial charge in [0.1, 0.15) is 0 Å². The molecule has 0 aliphatic carbocycles. The molecule has 2 atom stereocenters. The maximum absolute atomic E-state index is 11.6. The van der Waals surface area contributed by atoms with Gasteiger partial charge in [-0.3, -0.25) is 4.79 Å². The molecule has 0 aromatic rings. The summed E-state index contributed by atoms with van der Waals surface area (Å²) in [6.07, 6.45) is 5.23. The van der Waals surface area contributed by atoms with Gasteiger partial charge < -0.3 is 20.1 Å². The van der Waals surface area contributed by atoms with Crippen molar-refractivity contribution in [1.29, 1.82) is 0 Å². The molecule has 1 amide bonds. The normalized spacial score (nSPS) is 25.4. The van der Waals surface area contributed by atoms with Gasteiger partial charge in [-0.25, -0.2) is 0 Å². The van der Waals surface area contributed by atoms with Gasteiger partial charge in [-0.05, 0) is 44.7 Å². The summed E-state index contributed by atoms with van der Waals surface area (Å²) in [6, 6.07) is 0. The molecular formula is C14H27ClN2O3. The Bertz CT molecular complexity index is 267. The SMILES string of the molecule is Cl.O=C(CCOCC1CCCO1)NCCC1CCNC1. The van der Waals surface area contributed by atoms with E-state index < -0.39 is 0 Å². The van der Waals surface area contributed by atoms with Crippen molar-refractivity contribution in [3.05, 3.63) is 0 Å². The quantitative estimate of drug-likeness (QED) is 0.660. The number of nitrogens with one attached hydrogen (secondary N) is 2. The zero-order valence-electron chi connectivity index (χ0n) is 12.1. The van der Waals surface area contributed by atoms with E-state index in [2.05, 4.69) is 10.6 Å². The lowest BCUT2D eigenvalue weighted by Gasteiger charge is -2.11. The van der Waals surface area contributed by atoms with Crippen LogP contribution in [-0.2, 0) is 14.3 Å². The van der Waals surface area contributed by atoms with Crippen LogP contribution >= 0.6 is 12.4 Å². The zero-order chi connectivity index (χ0) is 13.3. The summed E-state index contributed by atoms with van der Waals surface area (Å²) in [5.74, 6) is 0.828. The number of carbonyl (C=O) groups excluding carboxylic acids is 1. The van der Waals surface area contributed by atoms with Crippen LogP contribution < -0.4 is 10.6 Å². The number of ether oxygens (including phenoxy) is 2. The van der Waals surface area contributed by atoms with Gasteiger partial charge >= 0.3 is 0 Å². The minimum absolute atomic E-state index is 0. The Morgan fingerprint density at radius 2 is 2.30 bits per heavy atom. The Hall–Kier alpha value is -0.360. The number of carbonyl (C=O) groups is 1. The van der Waals surface area contributed by atoms with Crippen LogP contribution in [0.3, 0.4) is 0 Å². The fraction of sp³-hybridized carbons (Fsp3) is 0.929. The molecule has 0 aromatic heterocycles. The predicted octanol–water partition coefficient (Wildman–Crippen LogP) is 1.11. The molecule has 6 heteroatoms. The van der Waals surface area contributed by atoms with E-state index in [1.807, 2.05) is 0 Å². The maximum atomic E-state index is 11.6. The van der Waals surface area contributed by atoms with E-state index in [0.717, 1.165) is 51.4 Å². The fourth-order valence-corrected chi connectivity index (χ4v) is 2.62. The first kappa shape index (κ1) is 17.7. The average molecular weight is 307 g/mol. The van der Waals surface area contributed by atoms with E-state index >= 15 is 0 Å². The molecule has 0 radical (unpaired) electrons. The summed E-state index contributed by atoms with van der Waals surface area (Å²) in [5, 5.41) is 6.29. The highest BCUT2D eigenvalue weighted by molar-refractivity contribution is 5.85. The predicted molar refractivity (Wildman–Crippen MR) is 80.3 cm³/mol. The molecule has 2 heterocycles. The van der Waals surface area contributed by atoms with Gasteiger partial charge in [0.25, 0.3) is 0 Å². The van der Waals surface area contributed by atoms with E-state index in [1.165, 1.54) is 6.42 Å². The molecule has 2 aliphatic heterocycles. The second kappa shape index (κ2) is 10.4. The van der Waals surface area contributed by atoms with Crippen molar-refractivity contribution in [2.24, 2.45) is 5.92 Å². The molecule has 0 bridgehead atoms. The number of rotatable bonds is 8. The Kier molecular flexibility index (Phi) is 9.18. The van der Waals surface area contributed by atoms with Crippen molar-refractivity contribution < 1.29 is 14.3 Å². The maximum Gasteiger partial charge on any atom is 0.222 e. The van der Waals surface area contributed by atoms with Crippen LogP contribution in [0.15, 0.2) is 0 Å². The summed E-state index contributed by atoms with van der Waals surface area (Å²) in [6.45, 7) is 4.98. The lowest BCUT2D eigenvalue weighted by molar-refractivity contribution is -0.122. The van der Waals surface area contributed by atoms with Gasteiger partial charge in [0, 0.05) is 19.6 Å². The zero-order valence-corrected chi connectivity index (χ0v) is 12.9. The van der Waals surface area contributed by atoms with Crippen LogP contribution in [-0.4, -0.2) is 51.5 Å². The molecule has 2 fully saturated rings. The van der Waals surface area contributed by atoms with Crippen molar-refractivity contribution in [1.82, 2.24) is 10.6 Å². The fourth-order valence-electron chi connectivity index (χ4n) is 2.62. The monoisotopic (exact) mass is 306 g/mol. The highest BCUT2D eigenvalue weighted by atomic mass is 35.5. The second-order valence-corrected chi connectivity index (χ2v) is 5.46. The summed E-state index contributed by atoms with van der Waals surface area (Å²) >= 11 is 0. The van der Waals surface area contributed by atoms with Crippen molar-refractivity contribution in [2.75, 3.05) is 39.5 Å². The molecule has 2 rings (SSSR count). The molecule has 118 valence electrons. The highest BCUT2D eigenvalue weighted by Crippen LogP contribution is 2.12. The van der Waals surface area contributed by atoms with E-state index in [1.54, 1.807) is 0 Å². The number of halogens is 1. The molecule has 20 heavy (non-hydrogen) atoms. The third-order valence-corrected chi connectivity index (χ3v) is 3.84. The Morgan fingerprint density at radius 3 is 3.00 bits per heavy atom. The van der Waals surface area contributed by atoms with Crippen molar-refractivity contribution >= 4 is 18.3 Å².